The standard InChI is InChI=1S/C24H36N2O3/c1-8-9-12-25(15-17(2)3)22(27)16-26-21-14-19(29-7)11-10-18(21)13-20(23(26)28)24(4,5)6/h10-11,13-14,17H,8-9,12,15-16H2,1-7H3. The molecule has 5 nitrogen and oxygen atoms in total. The van der Waals surface area contributed by atoms with Gasteiger partial charge in [-0.3, -0.25) is 14.2 Å². The molecule has 1 aromatic carbocycles. The molecule has 0 atom stereocenters. The fourth-order valence-corrected chi connectivity index (χ4v) is 3.52. The van der Waals surface area contributed by atoms with Gasteiger partial charge in [-0.15, -0.1) is 0 Å². The van der Waals surface area contributed by atoms with E-state index in [1.54, 1.807) is 11.7 Å². The van der Waals surface area contributed by atoms with Crippen LogP contribution in [0.1, 0.15) is 59.9 Å². The Kier molecular flexibility index (Phi) is 7.50. The van der Waals surface area contributed by atoms with Gasteiger partial charge in [-0.2, -0.15) is 0 Å². The number of carbonyl (C=O) groups excluding carboxylic acids is 1. The van der Waals surface area contributed by atoms with Gasteiger partial charge in [-0.05, 0) is 41.3 Å². The molecule has 0 aliphatic rings. The van der Waals surface area contributed by atoms with Gasteiger partial charge in [0, 0.05) is 24.7 Å². The average molecular weight is 401 g/mol. The van der Waals surface area contributed by atoms with Gasteiger partial charge in [0.15, 0.2) is 0 Å². The summed E-state index contributed by atoms with van der Waals surface area (Å²) in [6.45, 7) is 13.9. The van der Waals surface area contributed by atoms with Crippen LogP contribution in [0.15, 0.2) is 29.1 Å². The molecule has 1 amide bonds. The molecule has 29 heavy (non-hydrogen) atoms. The number of hydrogen-bond acceptors (Lipinski definition) is 3. The van der Waals surface area contributed by atoms with Gasteiger partial charge >= 0.3 is 0 Å². The number of benzene rings is 1. The van der Waals surface area contributed by atoms with Gasteiger partial charge in [0.2, 0.25) is 5.91 Å². The van der Waals surface area contributed by atoms with E-state index in [-0.39, 0.29) is 23.4 Å². The lowest BCUT2D eigenvalue weighted by Crippen LogP contribution is -2.40. The molecule has 0 unspecified atom stereocenters. The second-order valence-electron chi connectivity index (χ2n) is 9.21. The number of amides is 1. The number of carbonyl (C=O) groups is 1. The van der Waals surface area contributed by atoms with Crippen LogP contribution in [0.25, 0.3) is 10.9 Å². The smallest absolute Gasteiger partial charge is 0.255 e. The topological polar surface area (TPSA) is 51.5 Å². The lowest BCUT2D eigenvalue weighted by Gasteiger charge is -2.26. The predicted octanol–water partition coefficient (Wildman–Crippen LogP) is 4.59. The molecule has 0 fully saturated rings. The number of nitrogens with zero attached hydrogens (tertiary/aromatic N) is 2. The summed E-state index contributed by atoms with van der Waals surface area (Å²) >= 11 is 0. The summed E-state index contributed by atoms with van der Waals surface area (Å²) in [5, 5.41) is 0.937. The lowest BCUT2D eigenvalue weighted by atomic mass is 9.87. The van der Waals surface area contributed by atoms with Gasteiger partial charge in [0.05, 0.1) is 12.6 Å². The highest BCUT2D eigenvalue weighted by Gasteiger charge is 2.23. The van der Waals surface area contributed by atoms with Crippen molar-refractivity contribution in [2.45, 2.75) is 66.3 Å². The minimum absolute atomic E-state index is 0.00979. The van der Waals surface area contributed by atoms with Crippen LogP contribution in [0.5, 0.6) is 5.75 Å². The molecular formula is C24H36N2O3. The number of fused-ring (bicyclic) bond motifs is 1. The summed E-state index contributed by atoms with van der Waals surface area (Å²) in [6.07, 6.45) is 1.99. The van der Waals surface area contributed by atoms with Crippen molar-refractivity contribution in [2.75, 3.05) is 20.2 Å². The van der Waals surface area contributed by atoms with Crippen LogP contribution in [-0.4, -0.2) is 35.6 Å². The zero-order valence-corrected chi connectivity index (χ0v) is 19.0. The fraction of sp³-hybridized carbons (Fsp3) is 0.583. The van der Waals surface area contributed by atoms with Crippen LogP contribution in [0.2, 0.25) is 0 Å². The maximum atomic E-state index is 13.4. The Hall–Kier alpha value is -2.30. The number of aromatic nitrogens is 1. The van der Waals surface area contributed by atoms with Crippen molar-refractivity contribution in [3.05, 3.63) is 40.2 Å². The minimum Gasteiger partial charge on any atom is -0.497 e. The lowest BCUT2D eigenvalue weighted by molar-refractivity contribution is -0.132. The van der Waals surface area contributed by atoms with Crippen LogP contribution < -0.4 is 10.3 Å². The van der Waals surface area contributed by atoms with E-state index in [4.69, 9.17) is 4.74 Å². The molecule has 2 rings (SSSR count). The first-order valence-corrected chi connectivity index (χ1v) is 10.6. The van der Waals surface area contributed by atoms with E-state index in [1.165, 1.54) is 0 Å². The number of methoxy groups -OCH3 is 1. The molecule has 0 N–H and O–H groups in total. The number of ether oxygens (including phenoxy) is 1. The van der Waals surface area contributed by atoms with Crippen molar-refractivity contribution in [1.29, 1.82) is 0 Å². The molecule has 1 aromatic heterocycles. The van der Waals surface area contributed by atoms with Gasteiger partial charge in [0.1, 0.15) is 12.3 Å². The molecule has 0 bridgehead atoms. The third-order valence-corrected chi connectivity index (χ3v) is 5.13. The zero-order chi connectivity index (χ0) is 21.8. The Morgan fingerprint density at radius 2 is 1.90 bits per heavy atom. The number of hydrogen-bond donors (Lipinski definition) is 0. The molecule has 0 saturated carbocycles. The van der Waals surface area contributed by atoms with Crippen LogP contribution in [0.3, 0.4) is 0 Å². The maximum absolute atomic E-state index is 13.4. The summed E-state index contributed by atoms with van der Waals surface area (Å²) < 4.78 is 6.99. The Bertz CT molecular complexity index is 907. The summed E-state index contributed by atoms with van der Waals surface area (Å²) in [4.78, 5) is 28.5. The Labute approximate surface area is 174 Å². The van der Waals surface area contributed by atoms with Crippen LogP contribution in [0.4, 0.5) is 0 Å². The number of pyridine rings is 1. The minimum atomic E-state index is -0.310. The van der Waals surface area contributed by atoms with Gasteiger partial charge in [-0.1, -0.05) is 48.0 Å². The van der Waals surface area contributed by atoms with E-state index >= 15 is 0 Å². The molecule has 1 heterocycles. The molecule has 0 radical (unpaired) electrons. The maximum Gasteiger partial charge on any atom is 0.255 e. The van der Waals surface area contributed by atoms with E-state index in [2.05, 4.69) is 20.8 Å². The first-order chi connectivity index (χ1) is 13.6. The second kappa shape index (κ2) is 9.47. The molecular weight excluding hydrogens is 364 g/mol. The third kappa shape index (κ3) is 5.62. The van der Waals surface area contributed by atoms with Gasteiger partial charge in [0.25, 0.3) is 5.56 Å². The zero-order valence-electron chi connectivity index (χ0n) is 19.0. The number of rotatable bonds is 8. The first-order valence-electron chi connectivity index (χ1n) is 10.6. The Morgan fingerprint density at radius 1 is 1.21 bits per heavy atom. The van der Waals surface area contributed by atoms with Crippen LogP contribution in [0, 0.1) is 5.92 Å². The molecule has 0 aliphatic heterocycles. The van der Waals surface area contributed by atoms with Gasteiger partial charge < -0.3 is 9.64 Å². The summed E-state index contributed by atoms with van der Waals surface area (Å²) in [5.41, 5.74) is 1.03. The van der Waals surface area contributed by atoms with Crippen molar-refractivity contribution in [3.63, 3.8) is 0 Å². The van der Waals surface area contributed by atoms with Crippen molar-refractivity contribution < 1.29 is 9.53 Å². The average Bonchev–Trinajstić information content (AvgIpc) is 2.65. The molecule has 0 aliphatic carbocycles. The highest BCUT2D eigenvalue weighted by Crippen LogP contribution is 2.25. The highest BCUT2D eigenvalue weighted by atomic mass is 16.5. The summed E-state index contributed by atoms with van der Waals surface area (Å²) in [6, 6.07) is 7.63. The Balaban J connectivity index is 2.57. The molecule has 2 aromatic rings. The van der Waals surface area contributed by atoms with Crippen LogP contribution >= 0.6 is 0 Å². The van der Waals surface area contributed by atoms with Crippen molar-refractivity contribution in [1.82, 2.24) is 9.47 Å². The van der Waals surface area contributed by atoms with E-state index in [0.717, 1.165) is 30.3 Å². The molecule has 5 heteroatoms. The number of unbranched alkanes of at least 4 members (excludes halogenated alkanes) is 1. The second-order valence-corrected chi connectivity index (χ2v) is 9.21. The largest absolute Gasteiger partial charge is 0.497 e. The SMILES string of the molecule is CCCCN(CC(C)C)C(=O)Cn1c(=O)c(C(C)(C)C)cc2ccc(OC)cc21. The third-order valence-electron chi connectivity index (χ3n) is 5.13. The fourth-order valence-electron chi connectivity index (χ4n) is 3.52. The monoisotopic (exact) mass is 400 g/mol. The quantitative estimate of drug-likeness (QED) is 0.651. The summed E-state index contributed by atoms with van der Waals surface area (Å²) in [5.74, 6) is 1.04. The van der Waals surface area contributed by atoms with Crippen molar-refractivity contribution in [2.24, 2.45) is 5.92 Å². The van der Waals surface area contributed by atoms with Crippen LogP contribution in [-0.2, 0) is 16.8 Å². The normalized spacial score (nSPS) is 11.9. The van der Waals surface area contributed by atoms with E-state index in [9.17, 15) is 9.59 Å². The highest BCUT2D eigenvalue weighted by molar-refractivity contribution is 5.84. The predicted molar refractivity (Wildman–Crippen MR) is 120 cm³/mol. The first kappa shape index (κ1) is 23.0. The van der Waals surface area contributed by atoms with E-state index in [0.29, 0.717) is 23.8 Å². The molecule has 160 valence electrons. The Morgan fingerprint density at radius 3 is 2.45 bits per heavy atom. The van der Waals surface area contributed by atoms with Gasteiger partial charge in [-0.25, -0.2) is 0 Å². The van der Waals surface area contributed by atoms with Crippen molar-refractivity contribution >= 4 is 16.8 Å². The van der Waals surface area contributed by atoms with E-state index < -0.39 is 0 Å². The van der Waals surface area contributed by atoms with Crippen molar-refractivity contribution in [3.8, 4) is 5.75 Å². The molecule has 0 spiro atoms. The molecule has 0 saturated heterocycles. The summed E-state index contributed by atoms with van der Waals surface area (Å²) in [7, 11) is 1.60. The van der Waals surface area contributed by atoms with E-state index in [1.807, 2.05) is 49.9 Å².